The summed E-state index contributed by atoms with van der Waals surface area (Å²) in [6.45, 7) is 4.59. The first-order valence-electron chi connectivity index (χ1n) is 4.66. The van der Waals surface area contributed by atoms with Gasteiger partial charge in [0.25, 0.3) is 0 Å². The van der Waals surface area contributed by atoms with Gasteiger partial charge < -0.3 is 5.11 Å². The number of phenolic OH excluding ortho intramolecular Hbond substituents is 1. The van der Waals surface area contributed by atoms with E-state index in [-0.39, 0.29) is 6.04 Å². The second-order valence-corrected chi connectivity index (χ2v) is 3.12. The number of aromatic hydroxyl groups is 1. The Hall–Kier alpha value is -1.46. The number of rotatable bonds is 3. The van der Waals surface area contributed by atoms with E-state index in [0.717, 1.165) is 5.56 Å². The van der Waals surface area contributed by atoms with E-state index in [1.54, 1.807) is 12.1 Å². The summed E-state index contributed by atoms with van der Waals surface area (Å²) < 4.78 is 0. The molecule has 14 heavy (non-hydrogen) atoms. The predicted molar refractivity (Wildman–Crippen MR) is 58.0 cm³/mol. The van der Waals surface area contributed by atoms with E-state index in [2.05, 4.69) is 24.1 Å². The highest BCUT2D eigenvalue weighted by molar-refractivity contribution is 5.27. The molecule has 0 fully saturated rings. The van der Waals surface area contributed by atoms with Gasteiger partial charge in [-0.1, -0.05) is 18.1 Å². The lowest BCUT2D eigenvalue weighted by Gasteiger charge is -2.11. The van der Waals surface area contributed by atoms with Crippen LogP contribution in [0.5, 0.6) is 5.75 Å². The zero-order valence-corrected chi connectivity index (χ0v) is 8.54. The first kappa shape index (κ1) is 10.6. The van der Waals surface area contributed by atoms with Gasteiger partial charge in [0.2, 0.25) is 0 Å². The summed E-state index contributed by atoms with van der Waals surface area (Å²) in [5, 5.41) is 12.4. The van der Waals surface area contributed by atoms with Crippen LogP contribution in [0, 0.1) is 11.8 Å². The molecule has 0 radical (unpaired) electrons. The highest BCUT2D eigenvalue weighted by Gasteiger charge is 2.02. The maximum atomic E-state index is 9.11. The molecule has 1 aromatic carbocycles. The molecule has 0 aromatic heterocycles. The fourth-order valence-electron chi connectivity index (χ4n) is 1.17. The summed E-state index contributed by atoms with van der Waals surface area (Å²) in [5.41, 5.74) is 1.15. The first-order chi connectivity index (χ1) is 6.74. The summed E-state index contributed by atoms with van der Waals surface area (Å²) in [6, 6.07) is 7.47. The number of hydrogen-bond donors (Lipinski definition) is 2. The quantitative estimate of drug-likeness (QED) is 0.713. The lowest BCUT2D eigenvalue weighted by Crippen LogP contribution is -2.18. The smallest absolute Gasteiger partial charge is 0.115 e. The van der Waals surface area contributed by atoms with Crippen LogP contribution >= 0.6 is 0 Å². The van der Waals surface area contributed by atoms with Gasteiger partial charge in [-0.05, 0) is 31.5 Å². The van der Waals surface area contributed by atoms with Crippen molar-refractivity contribution in [3.8, 4) is 17.6 Å². The van der Waals surface area contributed by atoms with Crippen molar-refractivity contribution in [1.29, 1.82) is 0 Å². The minimum Gasteiger partial charge on any atom is -0.508 e. The summed E-state index contributed by atoms with van der Waals surface area (Å²) in [5.74, 6) is 6.08. The number of benzene rings is 1. The van der Waals surface area contributed by atoms with Crippen LogP contribution in [0.1, 0.15) is 25.5 Å². The third-order valence-corrected chi connectivity index (χ3v) is 2.07. The standard InChI is InChI=1S/C12H15NO/c1-3-4-9-13-10(2)11-5-7-12(14)8-6-11/h5-8,10,13-14H,9H2,1-2H3. The molecule has 0 heterocycles. The number of nitrogens with one attached hydrogen (secondary N) is 1. The van der Waals surface area contributed by atoms with Crippen molar-refractivity contribution in [2.45, 2.75) is 19.9 Å². The lowest BCUT2D eigenvalue weighted by molar-refractivity contribution is 0.474. The molecular formula is C12H15NO. The Balaban J connectivity index is 2.54. The predicted octanol–water partition coefficient (Wildman–Crippen LogP) is 2.07. The largest absolute Gasteiger partial charge is 0.508 e. The van der Waals surface area contributed by atoms with Gasteiger partial charge in [0, 0.05) is 6.04 Å². The van der Waals surface area contributed by atoms with Crippen molar-refractivity contribution in [1.82, 2.24) is 5.32 Å². The lowest BCUT2D eigenvalue weighted by atomic mass is 10.1. The maximum absolute atomic E-state index is 9.11. The van der Waals surface area contributed by atoms with Crippen molar-refractivity contribution < 1.29 is 5.11 Å². The van der Waals surface area contributed by atoms with E-state index in [4.69, 9.17) is 5.11 Å². The van der Waals surface area contributed by atoms with E-state index in [1.807, 2.05) is 19.1 Å². The Kier molecular flexibility index (Phi) is 4.03. The summed E-state index contributed by atoms with van der Waals surface area (Å²) in [4.78, 5) is 0. The molecule has 2 nitrogen and oxygen atoms in total. The van der Waals surface area contributed by atoms with Crippen molar-refractivity contribution in [2.75, 3.05) is 6.54 Å². The van der Waals surface area contributed by atoms with Gasteiger partial charge in [-0.15, -0.1) is 5.92 Å². The molecular weight excluding hydrogens is 174 g/mol. The molecule has 0 spiro atoms. The number of hydrogen-bond acceptors (Lipinski definition) is 2. The highest BCUT2D eigenvalue weighted by atomic mass is 16.3. The molecule has 1 aromatic rings. The Morgan fingerprint density at radius 2 is 2.00 bits per heavy atom. The average molecular weight is 189 g/mol. The van der Waals surface area contributed by atoms with Crippen molar-refractivity contribution in [3.63, 3.8) is 0 Å². The van der Waals surface area contributed by atoms with E-state index >= 15 is 0 Å². The molecule has 1 atom stereocenters. The monoisotopic (exact) mass is 189 g/mol. The molecule has 2 heteroatoms. The average Bonchev–Trinajstić information content (AvgIpc) is 2.19. The third-order valence-electron chi connectivity index (χ3n) is 2.07. The van der Waals surface area contributed by atoms with Crippen LogP contribution in [0.3, 0.4) is 0 Å². The number of phenols is 1. The van der Waals surface area contributed by atoms with E-state index in [9.17, 15) is 0 Å². The minimum absolute atomic E-state index is 0.261. The van der Waals surface area contributed by atoms with E-state index < -0.39 is 0 Å². The van der Waals surface area contributed by atoms with Crippen LogP contribution in [0.15, 0.2) is 24.3 Å². The second kappa shape index (κ2) is 5.31. The highest BCUT2D eigenvalue weighted by Crippen LogP contribution is 2.15. The van der Waals surface area contributed by atoms with Crippen LogP contribution < -0.4 is 5.32 Å². The van der Waals surface area contributed by atoms with Gasteiger partial charge in [0.05, 0.1) is 6.54 Å². The van der Waals surface area contributed by atoms with Gasteiger partial charge in [-0.2, -0.15) is 0 Å². The van der Waals surface area contributed by atoms with Gasteiger partial charge in [-0.25, -0.2) is 0 Å². The van der Waals surface area contributed by atoms with E-state index in [0.29, 0.717) is 12.3 Å². The molecule has 0 saturated carbocycles. The summed E-state index contributed by atoms with van der Waals surface area (Å²) in [7, 11) is 0. The second-order valence-electron chi connectivity index (χ2n) is 3.12. The molecule has 0 aliphatic rings. The SMILES string of the molecule is CC#CCNC(C)c1ccc(O)cc1. The molecule has 0 saturated heterocycles. The molecule has 74 valence electrons. The fraction of sp³-hybridized carbons (Fsp3) is 0.333. The van der Waals surface area contributed by atoms with Crippen molar-refractivity contribution in [2.24, 2.45) is 0 Å². The summed E-state index contributed by atoms with van der Waals surface area (Å²) >= 11 is 0. The van der Waals surface area contributed by atoms with Crippen LogP contribution in [0.4, 0.5) is 0 Å². The summed E-state index contributed by atoms with van der Waals surface area (Å²) in [6.07, 6.45) is 0. The van der Waals surface area contributed by atoms with Crippen molar-refractivity contribution in [3.05, 3.63) is 29.8 Å². The van der Waals surface area contributed by atoms with Gasteiger partial charge in [0.1, 0.15) is 5.75 Å². The molecule has 0 amide bonds. The topological polar surface area (TPSA) is 32.3 Å². The Morgan fingerprint density at radius 3 is 2.57 bits per heavy atom. The molecule has 0 bridgehead atoms. The molecule has 1 unspecified atom stereocenters. The normalized spacial score (nSPS) is 11.6. The Labute approximate surface area is 85.0 Å². The Morgan fingerprint density at radius 1 is 1.36 bits per heavy atom. The van der Waals surface area contributed by atoms with Gasteiger partial charge >= 0.3 is 0 Å². The molecule has 0 aliphatic carbocycles. The zero-order valence-electron chi connectivity index (χ0n) is 8.54. The van der Waals surface area contributed by atoms with Crippen molar-refractivity contribution >= 4 is 0 Å². The minimum atomic E-state index is 0.261. The fourth-order valence-corrected chi connectivity index (χ4v) is 1.17. The van der Waals surface area contributed by atoms with Crippen LogP contribution in [-0.4, -0.2) is 11.7 Å². The van der Waals surface area contributed by atoms with Gasteiger partial charge in [0.15, 0.2) is 0 Å². The molecule has 2 N–H and O–H groups in total. The van der Waals surface area contributed by atoms with Crippen LogP contribution in [-0.2, 0) is 0 Å². The maximum Gasteiger partial charge on any atom is 0.115 e. The van der Waals surface area contributed by atoms with Gasteiger partial charge in [-0.3, -0.25) is 5.32 Å². The molecule has 0 aliphatic heterocycles. The molecule has 1 rings (SSSR count). The van der Waals surface area contributed by atoms with Crippen LogP contribution in [0.25, 0.3) is 0 Å². The Bertz CT molecular complexity index is 332. The third kappa shape index (κ3) is 3.12. The van der Waals surface area contributed by atoms with E-state index in [1.165, 1.54) is 0 Å². The first-order valence-corrected chi connectivity index (χ1v) is 4.66. The van der Waals surface area contributed by atoms with Crippen LogP contribution in [0.2, 0.25) is 0 Å². The zero-order chi connectivity index (χ0) is 10.4.